The molecule has 2 rings (SSSR count). The molecule has 0 bridgehead atoms. The molecule has 0 radical (unpaired) electrons. The van der Waals surface area contributed by atoms with E-state index in [2.05, 4.69) is 4.98 Å². The maximum absolute atomic E-state index is 13.1. The van der Waals surface area contributed by atoms with E-state index in [1.165, 1.54) is 11.3 Å². The molecule has 0 saturated heterocycles. The zero-order valence-corrected chi connectivity index (χ0v) is 21.8. The van der Waals surface area contributed by atoms with Crippen LogP contribution in [-0.2, 0) is 14.3 Å². The van der Waals surface area contributed by atoms with Crippen molar-refractivity contribution in [1.29, 1.82) is 0 Å². The second kappa shape index (κ2) is 12.2. The number of carbonyl (C=O) groups excluding carboxylic acids is 2. The predicted molar refractivity (Wildman–Crippen MR) is 133 cm³/mol. The number of rotatable bonds is 2. The number of ketones is 1. The maximum Gasteiger partial charge on any atom is 0.309 e. The first-order valence-corrected chi connectivity index (χ1v) is 12.8. The van der Waals surface area contributed by atoms with Crippen molar-refractivity contribution >= 4 is 29.2 Å². The topological polar surface area (TPSA) is 117 Å². The minimum Gasteiger partial charge on any atom is -0.458 e. The fraction of sp³-hybridized carbons (Fsp3) is 0.654. The number of hydrogen-bond donors (Lipinski definition) is 3. The van der Waals surface area contributed by atoms with E-state index in [0.717, 1.165) is 16.3 Å². The first kappa shape index (κ1) is 28.4. The quantitative estimate of drug-likeness (QED) is 0.423. The summed E-state index contributed by atoms with van der Waals surface area (Å²) in [4.78, 5) is 30.3. The fourth-order valence-corrected chi connectivity index (χ4v) is 4.77. The molecule has 0 amide bonds. The fourth-order valence-electron chi connectivity index (χ4n) is 4.20. The van der Waals surface area contributed by atoms with Crippen LogP contribution in [-0.4, -0.2) is 56.5 Å². The minimum absolute atomic E-state index is 0.147. The number of esters is 1. The molecule has 1 aliphatic rings. The second-order valence-corrected chi connectivity index (χ2v) is 11.1. The van der Waals surface area contributed by atoms with Gasteiger partial charge in [-0.15, -0.1) is 11.3 Å². The lowest BCUT2D eigenvalue weighted by molar-refractivity contribution is -0.154. The van der Waals surface area contributed by atoms with Crippen LogP contribution in [0.4, 0.5) is 0 Å². The van der Waals surface area contributed by atoms with Crippen molar-refractivity contribution in [2.75, 3.05) is 0 Å². The molecule has 1 aromatic heterocycles. The van der Waals surface area contributed by atoms with Gasteiger partial charge in [-0.1, -0.05) is 39.8 Å². The summed E-state index contributed by atoms with van der Waals surface area (Å²) in [7, 11) is 0. The molecule has 8 heteroatoms. The molecule has 0 fully saturated rings. The van der Waals surface area contributed by atoms with Gasteiger partial charge in [0.1, 0.15) is 11.9 Å². The number of nitrogens with zero attached hydrogens (tertiary/aromatic N) is 1. The van der Waals surface area contributed by atoms with Crippen molar-refractivity contribution < 1.29 is 29.6 Å². The first-order valence-electron chi connectivity index (χ1n) is 11.9. The molecule has 190 valence electrons. The van der Waals surface area contributed by atoms with Crippen LogP contribution in [0.2, 0.25) is 0 Å². The van der Waals surface area contributed by atoms with E-state index < -0.39 is 41.7 Å². The highest BCUT2D eigenvalue weighted by Gasteiger charge is 2.42. The molecule has 0 spiro atoms. The Morgan fingerprint density at radius 1 is 1.24 bits per heavy atom. The summed E-state index contributed by atoms with van der Waals surface area (Å²) in [6.45, 7) is 10.4. The van der Waals surface area contributed by atoms with Crippen LogP contribution in [0.1, 0.15) is 71.0 Å². The third-order valence-electron chi connectivity index (χ3n) is 6.73. The van der Waals surface area contributed by atoms with Gasteiger partial charge >= 0.3 is 5.97 Å². The van der Waals surface area contributed by atoms with Crippen molar-refractivity contribution in [2.24, 2.45) is 17.3 Å². The van der Waals surface area contributed by atoms with E-state index >= 15 is 0 Å². The molecule has 1 aliphatic heterocycles. The van der Waals surface area contributed by atoms with Gasteiger partial charge in [-0.2, -0.15) is 0 Å². The number of Topliss-reactive ketones (excluding diaryl/α,β-unsaturated/α-hetero) is 1. The van der Waals surface area contributed by atoms with Gasteiger partial charge in [-0.05, 0) is 44.3 Å². The summed E-state index contributed by atoms with van der Waals surface area (Å²) in [6, 6.07) is 0. The largest absolute Gasteiger partial charge is 0.458 e. The molecule has 0 unspecified atom stereocenters. The highest BCUT2D eigenvalue weighted by atomic mass is 32.1. The molecule has 2 heterocycles. The summed E-state index contributed by atoms with van der Waals surface area (Å²) >= 11 is 1.51. The van der Waals surface area contributed by atoms with Crippen LogP contribution in [0.3, 0.4) is 0 Å². The number of ether oxygens (including phenoxy) is 1. The number of aromatic nitrogens is 1. The number of carbonyl (C=O) groups is 2. The Bertz CT molecular complexity index is 905. The zero-order valence-electron chi connectivity index (χ0n) is 21.0. The van der Waals surface area contributed by atoms with Crippen LogP contribution in [0.5, 0.6) is 0 Å². The molecule has 7 nitrogen and oxygen atoms in total. The minimum atomic E-state index is -1.28. The van der Waals surface area contributed by atoms with E-state index in [1.54, 1.807) is 26.8 Å². The van der Waals surface area contributed by atoms with E-state index in [9.17, 15) is 24.9 Å². The van der Waals surface area contributed by atoms with Crippen molar-refractivity contribution in [2.45, 2.75) is 91.6 Å². The molecule has 0 aliphatic carbocycles. The van der Waals surface area contributed by atoms with Crippen LogP contribution < -0.4 is 0 Å². The SMILES string of the molecule is C/C(=C\c1csc(C)n1)[C@@H]1C[C@H](O)/C=C/CC[C@H](C)[C@H](O)[C@@H](C)C(=O)C(C)(C)[C@@H](O)CC(=O)O1. The lowest BCUT2D eigenvalue weighted by Crippen LogP contribution is -2.45. The monoisotopic (exact) mass is 493 g/mol. The Morgan fingerprint density at radius 2 is 1.91 bits per heavy atom. The Labute approximate surface area is 206 Å². The smallest absolute Gasteiger partial charge is 0.309 e. The number of aryl methyl sites for hydroxylation is 1. The van der Waals surface area contributed by atoms with Crippen molar-refractivity contribution in [3.05, 3.63) is 33.8 Å². The maximum atomic E-state index is 13.1. The standard InChI is InChI=1S/C26H39NO6S/c1-15-9-7-8-10-20(28)12-21(16(2)11-19-14-34-18(4)27-19)33-23(30)13-22(29)26(5,6)25(32)17(3)24(15)31/h8,10-11,14-15,17,20-22,24,28-29,31H,7,9,12-13H2,1-6H3/b10-8+,16-11+/t15-,17+,20+,21-,22-,24-/m0/s1. The summed E-state index contributed by atoms with van der Waals surface area (Å²) in [6.07, 6.45) is 2.69. The van der Waals surface area contributed by atoms with Crippen LogP contribution in [0.25, 0.3) is 6.08 Å². The predicted octanol–water partition coefficient (Wildman–Crippen LogP) is 3.85. The number of allylic oxidation sites excluding steroid dienone is 1. The second-order valence-electron chi connectivity index (χ2n) is 10.0. The van der Waals surface area contributed by atoms with E-state index in [1.807, 2.05) is 38.3 Å². The lowest BCUT2D eigenvalue weighted by atomic mass is 9.73. The number of aliphatic hydroxyl groups excluding tert-OH is 3. The Hall–Kier alpha value is -1.87. The molecule has 0 saturated carbocycles. The molecule has 0 aromatic carbocycles. The molecule has 34 heavy (non-hydrogen) atoms. The van der Waals surface area contributed by atoms with E-state index in [0.29, 0.717) is 12.8 Å². The number of thiazole rings is 1. The molecule has 6 atom stereocenters. The van der Waals surface area contributed by atoms with Gasteiger partial charge in [0, 0.05) is 17.7 Å². The van der Waals surface area contributed by atoms with Gasteiger partial charge in [0.25, 0.3) is 0 Å². The summed E-state index contributed by atoms with van der Waals surface area (Å²) < 4.78 is 5.68. The van der Waals surface area contributed by atoms with E-state index in [-0.39, 0.29) is 24.5 Å². The summed E-state index contributed by atoms with van der Waals surface area (Å²) in [5, 5.41) is 34.9. The third-order valence-corrected chi connectivity index (χ3v) is 7.53. The van der Waals surface area contributed by atoms with Gasteiger partial charge in [-0.3, -0.25) is 9.59 Å². The van der Waals surface area contributed by atoms with Crippen molar-refractivity contribution in [1.82, 2.24) is 4.98 Å². The number of aliphatic hydroxyl groups is 3. The number of hydrogen-bond acceptors (Lipinski definition) is 8. The zero-order chi connectivity index (χ0) is 25.6. The van der Waals surface area contributed by atoms with Gasteiger partial charge < -0.3 is 20.1 Å². The Balaban J connectivity index is 2.33. The van der Waals surface area contributed by atoms with Crippen LogP contribution >= 0.6 is 11.3 Å². The van der Waals surface area contributed by atoms with Crippen molar-refractivity contribution in [3.63, 3.8) is 0 Å². The number of cyclic esters (lactones) is 1. The molecule has 3 N–H and O–H groups in total. The van der Waals surface area contributed by atoms with Crippen molar-refractivity contribution in [3.8, 4) is 0 Å². The normalized spacial score (nSPS) is 33.4. The molecule has 1 aromatic rings. The Kier molecular flexibility index (Phi) is 10.2. The van der Waals surface area contributed by atoms with Gasteiger partial charge in [0.15, 0.2) is 0 Å². The van der Waals surface area contributed by atoms with Gasteiger partial charge in [0.2, 0.25) is 0 Å². The average molecular weight is 494 g/mol. The lowest BCUT2D eigenvalue weighted by Gasteiger charge is -2.34. The van der Waals surface area contributed by atoms with Crippen LogP contribution in [0, 0.1) is 24.2 Å². The summed E-state index contributed by atoms with van der Waals surface area (Å²) in [5.74, 6) is -1.80. The van der Waals surface area contributed by atoms with Gasteiger partial charge in [0.05, 0.1) is 40.8 Å². The van der Waals surface area contributed by atoms with Crippen LogP contribution in [0.15, 0.2) is 23.1 Å². The highest BCUT2D eigenvalue weighted by Crippen LogP contribution is 2.32. The highest BCUT2D eigenvalue weighted by molar-refractivity contribution is 7.09. The van der Waals surface area contributed by atoms with Gasteiger partial charge in [-0.25, -0.2) is 4.98 Å². The first-order chi connectivity index (χ1) is 15.8. The Morgan fingerprint density at radius 3 is 2.53 bits per heavy atom. The van der Waals surface area contributed by atoms with E-state index in [4.69, 9.17) is 4.74 Å². The average Bonchev–Trinajstić information content (AvgIpc) is 3.17. The molecular formula is C26H39NO6S. The summed E-state index contributed by atoms with van der Waals surface area (Å²) in [5.41, 5.74) is 0.234. The molecular weight excluding hydrogens is 454 g/mol. The third kappa shape index (κ3) is 7.57.